The number of methoxy groups -OCH3 is 2. The van der Waals surface area contributed by atoms with Gasteiger partial charge in [-0.2, -0.15) is 0 Å². The molecule has 1 amide bonds. The molecule has 0 saturated heterocycles. The number of ether oxygens (including phenoxy) is 3. The third kappa shape index (κ3) is 4.75. The monoisotopic (exact) mass is 396 g/mol. The largest absolute Gasteiger partial charge is 0.493 e. The summed E-state index contributed by atoms with van der Waals surface area (Å²) in [5.74, 6) is 1.09. The number of carbonyl (C=O) groups is 1. The highest BCUT2D eigenvalue weighted by Crippen LogP contribution is 2.30. The van der Waals surface area contributed by atoms with Crippen LogP contribution < -0.4 is 14.8 Å². The van der Waals surface area contributed by atoms with Crippen molar-refractivity contribution in [2.24, 2.45) is 0 Å². The molecule has 130 valence electrons. The number of carbonyl (C=O) groups excluding carboxylic acids is 1. The van der Waals surface area contributed by atoms with Gasteiger partial charge in [-0.25, -0.2) is 0 Å². The second-order valence-corrected chi connectivity index (χ2v) is 6.09. The number of rotatable bonds is 8. The van der Waals surface area contributed by atoms with E-state index in [0.29, 0.717) is 30.4 Å². The molecule has 0 aliphatic carbocycles. The van der Waals surface area contributed by atoms with E-state index in [-0.39, 0.29) is 11.9 Å². The van der Waals surface area contributed by atoms with Crippen molar-refractivity contribution in [1.82, 2.24) is 10.3 Å². The van der Waals surface area contributed by atoms with E-state index in [1.54, 1.807) is 26.5 Å². The fraction of sp³-hybridized carbons (Fsp3) is 0.353. The molecule has 2 aromatic rings. The van der Waals surface area contributed by atoms with Gasteiger partial charge < -0.3 is 24.5 Å². The number of aromatic amines is 1. The number of nitrogens with one attached hydrogen (secondary N) is 2. The SMILES string of the molecule is COCCOc1ccc(C(C)NC(=O)c2cc(Br)c[nH]2)cc1OC. The van der Waals surface area contributed by atoms with E-state index in [9.17, 15) is 4.79 Å². The van der Waals surface area contributed by atoms with Gasteiger partial charge >= 0.3 is 0 Å². The van der Waals surface area contributed by atoms with Crippen LogP contribution in [0.4, 0.5) is 0 Å². The maximum Gasteiger partial charge on any atom is 0.268 e. The minimum atomic E-state index is -0.179. The van der Waals surface area contributed by atoms with Crippen molar-refractivity contribution in [2.45, 2.75) is 13.0 Å². The number of hydrogen-bond donors (Lipinski definition) is 2. The Kier molecular flexibility index (Phi) is 6.69. The average molecular weight is 397 g/mol. The third-order valence-electron chi connectivity index (χ3n) is 3.47. The number of amides is 1. The fourth-order valence-corrected chi connectivity index (χ4v) is 2.51. The predicted octanol–water partition coefficient (Wildman–Crippen LogP) is 3.30. The Hall–Kier alpha value is -1.99. The summed E-state index contributed by atoms with van der Waals surface area (Å²) in [4.78, 5) is 15.1. The molecule has 1 aromatic heterocycles. The number of hydrogen-bond acceptors (Lipinski definition) is 4. The summed E-state index contributed by atoms with van der Waals surface area (Å²) in [6, 6.07) is 7.15. The first-order valence-corrected chi connectivity index (χ1v) is 8.29. The second-order valence-electron chi connectivity index (χ2n) is 5.18. The van der Waals surface area contributed by atoms with Crippen LogP contribution in [-0.4, -0.2) is 38.3 Å². The van der Waals surface area contributed by atoms with Crippen LogP contribution in [0.2, 0.25) is 0 Å². The maximum atomic E-state index is 12.2. The fourth-order valence-electron chi connectivity index (χ4n) is 2.16. The summed E-state index contributed by atoms with van der Waals surface area (Å²) >= 11 is 3.31. The van der Waals surface area contributed by atoms with Gasteiger partial charge in [0, 0.05) is 17.8 Å². The number of halogens is 1. The van der Waals surface area contributed by atoms with Crippen molar-refractivity contribution in [3.8, 4) is 11.5 Å². The number of benzene rings is 1. The highest BCUT2D eigenvalue weighted by atomic mass is 79.9. The molecule has 0 aliphatic rings. The zero-order chi connectivity index (χ0) is 17.5. The summed E-state index contributed by atoms with van der Waals surface area (Å²) < 4.78 is 16.8. The molecule has 0 fully saturated rings. The van der Waals surface area contributed by atoms with Crippen LogP contribution in [0.3, 0.4) is 0 Å². The molecule has 1 atom stereocenters. The molecule has 2 N–H and O–H groups in total. The lowest BCUT2D eigenvalue weighted by atomic mass is 10.1. The molecular formula is C17H21BrN2O4. The Balaban J connectivity index is 2.06. The van der Waals surface area contributed by atoms with Crippen LogP contribution in [0.25, 0.3) is 0 Å². The van der Waals surface area contributed by atoms with Crippen LogP contribution in [0.15, 0.2) is 34.9 Å². The minimum Gasteiger partial charge on any atom is -0.493 e. The molecular weight excluding hydrogens is 376 g/mol. The molecule has 0 bridgehead atoms. The normalized spacial score (nSPS) is 11.8. The summed E-state index contributed by atoms with van der Waals surface area (Å²) in [6.07, 6.45) is 1.72. The van der Waals surface area contributed by atoms with Gasteiger partial charge in [0.15, 0.2) is 11.5 Å². The first kappa shape index (κ1) is 18.4. The van der Waals surface area contributed by atoms with E-state index in [0.717, 1.165) is 10.0 Å². The van der Waals surface area contributed by atoms with Crippen molar-refractivity contribution < 1.29 is 19.0 Å². The highest BCUT2D eigenvalue weighted by Gasteiger charge is 2.15. The highest BCUT2D eigenvalue weighted by molar-refractivity contribution is 9.10. The Morgan fingerprint density at radius 1 is 1.25 bits per heavy atom. The Morgan fingerprint density at radius 2 is 2.04 bits per heavy atom. The average Bonchev–Trinajstić information content (AvgIpc) is 3.01. The summed E-state index contributed by atoms with van der Waals surface area (Å²) in [5, 5.41) is 2.94. The van der Waals surface area contributed by atoms with Crippen LogP contribution >= 0.6 is 15.9 Å². The molecule has 0 saturated carbocycles. The van der Waals surface area contributed by atoms with Gasteiger partial charge in [0.2, 0.25) is 0 Å². The maximum absolute atomic E-state index is 12.2. The smallest absolute Gasteiger partial charge is 0.268 e. The lowest BCUT2D eigenvalue weighted by Crippen LogP contribution is -2.26. The molecule has 0 radical (unpaired) electrons. The molecule has 1 heterocycles. The van der Waals surface area contributed by atoms with Crippen molar-refractivity contribution >= 4 is 21.8 Å². The van der Waals surface area contributed by atoms with E-state index >= 15 is 0 Å². The van der Waals surface area contributed by atoms with Crippen molar-refractivity contribution in [3.63, 3.8) is 0 Å². The first-order chi connectivity index (χ1) is 11.5. The standard InChI is InChI=1S/C17H21BrN2O4/c1-11(20-17(21)14-9-13(18)10-19-14)12-4-5-15(16(8-12)23-3)24-7-6-22-2/h4-5,8-11,19H,6-7H2,1-3H3,(H,20,21). The Morgan fingerprint density at radius 3 is 2.67 bits per heavy atom. The van der Waals surface area contributed by atoms with E-state index in [1.807, 2.05) is 25.1 Å². The third-order valence-corrected chi connectivity index (χ3v) is 3.93. The van der Waals surface area contributed by atoms with Gasteiger partial charge in [-0.1, -0.05) is 6.07 Å². The number of H-pyrrole nitrogens is 1. The Labute approximate surface area is 149 Å². The lowest BCUT2D eigenvalue weighted by Gasteiger charge is -2.17. The van der Waals surface area contributed by atoms with E-state index < -0.39 is 0 Å². The van der Waals surface area contributed by atoms with Crippen LogP contribution in [-0.2, 0) is 4.74 Å². The molecule has 6 nitrogen and oxygen atoms in total. The molecule has 0 spiro atoms. The molecule has 7 heteroatoms. The predicted molar refractivity (Wildman–Crippen MR) is 94.7 cm³/mol. The van der Waals surface area contributed by atoms with Gasteiger partial charge in [0.05, 0.1) is 19.8 Å². The van der Waals surface area contributed by atoms with Crippen LogP contribution in [0.5, 0.6) is 11.5 Å². The van der Waals surface area contributed by atoms with Gasteiger partial charge in [-0.05, 0) is 46.6 Å². The first-order valence-electron chi connectivity index (χ1n) is 7.49. The minimum absolute atomic E-state index is 0.174. The quantitative estimate of drug-likeness (QED) is 0.671. The Bertz CT molecular complexity index is 687. The number of aromatic nitrogens is 1. The summed E-state index contributed by atoms with van der Waals surface area (Å²) in [7, 11) is 3.21. The summed E-state index contributed by atoms with van der Waals surface area (Å²) in [5.41, 5.74) is 1.42. The molecule has 0 aliphatic heterocycles. The van der Waals surface area contributed by atoms with E-state index in [4.69, 9.17) is 14.2 Å². The van der Waals surface area contributed by atoms with E-state index in [1.165, 1.54) is 0 Å². The lowest BCUT2D eigenvalue weighted by molar-refractivity contribution is 0.0935. The van der Waals surface area contributed by atoms with Gasteiger partial charge in [0.25, 0.3) is 5.91 Å². The van der Waals surface area contributed by atoms with Crippen LogP contribution in [0.1, 0.15) is 29.0 Å². The van der Waals surface area contributed by atoms with Crippen LogP contribution in [0, 0.1) is 0 Å². The summed E-state index contributed by atoms with van der Waals surface area (Å²) in [6.45, 7) is 2.86. The zero-order valence-corrected chi connectivity index (χ0v) is 15.5. The van der Waals surface area contributed by atoms with Crippen molar-refractivity contribution in [3.05, 3.63) is 46.2 Å². The van der Waals surface area contributed by atoms with Gasteiger partial charge in [0.1, 0.15) is 12.3 Å². The molecule has 1 aromatic carbocycles. The molecule has 24 heavy (non-hydrogen) atoms. The van der Waals surface area contributed by atoms with Gasteiger partial charge in [-0.3, -0.25) is 4.79 Å². The van der Waals surface area contributed by atoms with Crippen molar-refractivity contribution in [1.29, 1.82) is 0 Å². The van der Waals surface area contributed by atoms with Crippen molar-refractivity contribution in [2.75, 3.05) is 27.4 Å². The topological polar surface area (TPSA) is 72.6 Å². The van der Waals surface area contributed by atoms with E-state index in [2.05, 4.69) is 26.2 Å². The zero-order valence-electron chi connectivity index (χ0n) is 13.9. The molecule has 2 rings (SSSR count). The van der Waals surface area contributed by atoms with Gasteiger partial charge in [-0.15, -0.1) is 0 Å². The molecule has 1 unspecified atom stereocenters. The second kappa shape index (κ2) is 8.75.